The molecule has 0 saturated heterocycles. The van der Waals surface area contributed by atoms with Crippen molar-refractivity contribution in [3.05, 3.63) is 70.8 Å². The van der Waals surface area contributed by atoms with Crippen LogP contribution < -0.4 is 15.4 Å². The summed E-state index contributed by atoms with van der Waals surface area (Å²) in [6.07, 6.45) is 2.93. The first-order chi connectivity index (χ1) is 14.1. The molecule has 7 nitrogen and oxygen atoms in total. The van der Waals surface area contributed by atoms with E-state index in [4.69, 9.17) is 21.2 Å². The molecule has 9 heteroatoms. The summed E-state index contributed by atoms with van der Waals surface area (Å²) in [4.78, 5) is 13.2. The molecule has 2 N–H and O–H groups in total. The van der Waals surface area contributed by atoms with Gasteiger partial charge in [0, 0.05) is 12.7 Å². The Morgan fingerprint density at radius 3 is 2.72 bits per heavy atom. The summed E-state index contributed by atoms with van der Waals surface area (Å²) in [6, 6.07) is 11.5. The summed E-state index contributed by atoms with van der Waals surface area (Å²) in [5, 5.41) is 10.3. The number of halogens is 2. The molecule has 3 rings (SSSR count). The third-order valence-electron chi connectivity index (χ3n) is 3.89. The lowest BCUT2D eigenvalue weighted by atomic mass is 10.2. The molecule has 1 heterocycles. The molecule has 2 aromatic carbocycles. The number of hydrogen-bond donors (Lipinski definition) is 2. The fourth-order valence-corrected chi connectivity index (χ4v) is 2.78. The second kappa shape index (κ2) is 9.70. The van der Waals surface area contributed by atoms with Crippen molar-refractivity contribution in [1.82, 2.24) is 9.97 Å². The Morgan fingerprint density at radius 1 is 1.17 bits per heavy atom. The number of anilines is 3. The molecule has 0 spiro atoms. The number of aromatic nitrogens is 2. The molecule has 0 radical (unpaired) electrons. The summed E-state index contributed by atoms with van der Waals surface area (Å²) in [5.74, 6) is 1.29. The minimum Gasteiger partial charge on any atom is -0.487 e. The highest BCUT2D eigenvalue weighted by Crippen LogP contribution is 2.30. The van der Waals surface area contributed by atoms with Gasteiger partial charge in [0.1, 0.15) is 43.2 Å². The number of nitrogens with one attached hydrogen (secondary N) is 2. The Balaban J connectivity index is 1.76. The third-order valence-corrected chi connectivity index (χ3v) is 4.18. The second-order valence-electron chi connectivity index (χ2n) is 5.84. The van der Waals surface area contributed by atoms with Crippen LogP contribution in [0.5, 0.6) is 5.75 Å². The lowest BCUT2D eigenvalue weighted by Gasteiger charge is -2.13. The molecule has 0 fully saturated rings. The molecule has 0 amide bonds. The minimum absolute atomic E-state index is 0.208. The first kappa shape index (κ1) is 20.3. The predicted molar refractivity (Wildman–Crippen MR) is 112 cm³/mol. The fraction of sp³-hybridized carbons (Fsp3) is 0.150. The molecule has 0 unspecified atom stereocenters. The lowest BCUT2D eigenvalue weighted by Crippen LogP contribution is -2.05. The van der Waals surface area contributed by atoms with Crippen molar-refractivity contribution in [1.29, 1.82) is 0 Å². The highest BCUT2D eigenvalue weighted by Gasteiger charge is 2.11. The molecular weight excluding hydrogens is 397 g/mol. The normalized spacial score (nSPS) is 10.8. The second-order valence-corrected chi connectivity index (χ2v) is 6.25. The van der Waals surface area contributed by atoms with Gasteiger partial charge in [0.25, 0.3) is 0 Å². The molecule has 150 valence electrons. The maximum absolute atomic E-state index is 13.3. The van der Waals surface area contributed by atoms with Gasteiger partial charge in [0.05, 0.1) is 16.8 Å². The highest BCUT2D eigenvalue weighted by molar-refractivity contribution is 6.32. The summed E-state index contributed by atoms with van der Waals surface area (Å²) in [5.41, 5.74) is 2.03. The quantitative estimate of drug-likeness (QED) is 0.413. The molecular formula is C20H19ClFN5O2. The zero-order valence-corrected chi connectivity index (χ0v) is 16.6. The van der Waals surface area contributed by atoms with Crippen LogP contribution in [0, 0.1) is 5.82 Å². The fourth-order valence-electron chi connectivity index (χ4n) is 2.54. The van der Waals surface area contributed by atoms with E-state index >= 15 is 0 Å². The van der Waals surface area contributed by atoms with Gasteiger partial charge in [-0.2, -0.15) is 0 Å². The van der Waals surface area contributed by atoms with Crippen molar-refractivity contribution in [3.63, 3.8) is 0 Å². The van der Waals surface area contributed by atoms with Crippen molar-refractivity contribution in [2.45, 2.75) is 6.61 Å². The van der Waals surface area contributed by atoms with Crippen LogP contribution in [0.25, 0.3) is 0 Å². The molecule has 3 aromatic rings. The van der Waals surface area contributed by atoms with Crippen molar-refractivity contribution in [3.8, 4) is 5.75 Å². The number of ether oxygens (including phenoxy) is 1. The summed E-state index contributed by atoms with van der Waals surface area (Å²) < 4.78 is 19.0. The van der Waals surface area contributed by atoms with E-state index in [1.165, 1.54) is 31.8 Å². The van der Waals surface area contributed by atoms with Crippen LogP contribution in [-0.2, 0) is 11.4 Å². The number of nitrogens with zero attached hydrogens (tertiary/aromatic N) is 3. The van der Waals surface area contributed by atoms with Gasteiger partial charge in [0.15, 0.2) is 0 Å². The molecule has 0 aliphatic rings. The first-order valence-electron chi connectivity index (χ1n) is 8.64. The number of benzene rings is 2. The van der Waals surface area contributed by atoms with E-state index in [2.05, 4.69) is 25.8 Å². The Bertz CT molecular complexity index is 1020. The maximum atomic E-state index is 13.3. The van der Waals surface area contributed by atoms with E-state index in [0.29, 0.717) is 39.2 Å². The number of oxime groups is 1. The first-order valence-corrected chi connectivity index (χ1v) is 9.01. The molecule has 0 bridgehead atoms. The van der Waals surface area contributed by atoms with Gasteiger partial charge in [-0.15, -0.1) is 0 Å². The van der Waals surface area contributed by atoms with Gasteiger partial charge in [-0.25, -0.2) is 14.4 Å². The molecule has 0 aliphatic heterocycles. The van der Waals surface area contributed by atoms with Gasteiger partial charge in [-0.05, 0) is 35.9 Å². The minimum atomic E-state index is -0.310. The SMILES string of the molecule is CNc1ncnc(Nc2ccc(OCc3cccc(F)c3)c(Cl)c2)c1/C=N/OC. The van der Waals surface area contributed by atoms with E-state index in [1.54, 1.807) is 37.4 Å². The Morgan fingerprint density at radius 2 is 2.00 bits per heavy atom. The maximum Gasteiger partial charge on any atom is 0.144 e. The molecule has 0 aliphatic carbocycles. The topological polar surface area (TPSA) is 80.7 Å². The van der Waals surface area contributed by atoms with Crippen molar-refractivity contribution < 1.29 is 14.0 Å². The largest absolute Gasteiger partial charge is 0.487 e. The van der Waals surface area contributed by atoms with Crippen LogP contribution in [0.15, 0.2) is 53.9 Å². The van der Waals surface area contributed by atoms with E-state index in [-0.39, 0.29) is 12.4 Å². The van der Waals surface area contributed by atoms with E-state index in [0.717, 1.165) is 0 Å². The average Bonchev–Trinajstić information content (AvgIpc) is 2.72. The molecule has 29 heavy (non-hydrogen) atoms. The van der Waals surface area contributed by atoms with Crippen LogP contribution >= 0.6 is 11.6 Å². The standard InChI is InChI=1S/C20H19ClFN5O2/c1-23-19-16(10-26-28-2)20(25-12-24-19)27-15-6-7-18(17(21)9-15)29-11-13-4-3-5-14(22)8-13/h3-10,12H,11H2,1-2H3,(H2,23,24,25,27)/b26-10+. The van der Waals surface area contributed by atoms with Gasteiger partial charge in [-0.3, -0.25) is 0 Å². The smallest absolute Gasteiger partial charge is 0.144 e. The van der Waals surface area contributed by atoms with Crippen LogP contribution in [0.4, 0.5) is 21.7 Å². The van der Waals surface area contributed by atoms with Crippen LogP contribution in [0.1, 0.15) is 11.1 Å². The third kappa shape index (κ3) is 5.32. The van der Waals surface area contributed by atoms with E-state index in [1.807, 2.05) is 0 Å². The lowest BCUT2D eigenvalue weighted by molar-refractivity contribution is 0.215. The van der Waals surface area contributed by atoms with Gasteiger partial charge >= 0.3 is 0 Å². The van der Waals surface area contributed by atoms with Crippen molar-refractivity contribution >= 4 is 35.1 Å². The number of rotatable bonds is 8. The summed E-state index contributed by atoms with van der Waals surface area (Å²) in [6.45, 7) is 0.208. The summed E-state index contributed by atoms with van der Waals surface area (Å²) in [7, 11) is 3.20. The molecule has 0 atom stereocenters. The van der Waals surface area contributed by atoms with Crippen LogP contribution in [0.3, 0.4) is 0 Å². The van der Waals surface area contributed by atoms with E-state index in [9.17, 15) is 4.39 Å². The Hall–Kier alpha value is -3.39. The average molecular weight is 416 g/mol. The van der Waals surface area contributed by atoms with Crippen molar-refractivity contribution in [2.24, 2.45) is 5.16 Å². The Labute approximate surface area is 172 Å². The zero-order chi connectivity index (χ0) is 20.6. The highest BCUT2D eigenvalue weighted by atomic mass is 35.5. The number of hydrogen-bond acceptors (Lipinski definition) is 7. The summed E-state index contributed by atoms with van der Waals surface area (Å²) >= 11 is 6.34. The van der Waals surface area contributed by atoms with E-state index < -0.39 is 0 Å². The van der Waals surface area contributed by atoms with Gasteiger partial charge < -0.3 is 20.2 Å². The van der Waals surface area contributed by atoms with Crippen molar-refractivity contribution in [2.75, 3.05) is 24.8 Å². The van der Waals surface area contributed by atoms with Gasteiger partial charge in [-0.1, -0.05) is 28.9 Å². The Kier molecular flexibility index (Phi) is 6.80. The van der Waals surface area contributed by atoms with Gasteiger partial charge in [0.2, 0.25) is 0 Å². The molecule has 1 aromatic heterocycles. The van der Waals surface area contributed by atoms with Crippen LogP contribution in [-0.4, -0.2) is 30.3 Å². The van der Waals surface area contributed by atoms with Crippen LogP contribution in [0.2, 0.25) is 5.02 Å². The predicted octanol–water partition coefficient (Wildman–Crippen LogP) is 4.61. The molecule has 0 saturated carbocycles. The zero-order valence-electron chi connectivity index (χ0n) is 15.8. The monoisotopic (exact) mass is 415 g/mol.